The molecule has 0 amide bonds. The maximum atomic E-state index is 11.4. The van der Waals surface area contributed by atoms with Gasteiger partial charge in [-0.1, -0.05) is 0 Å². The molecule has 5 heteroatoms. The van der Waals surface area contributed by atoms with E-state index in [1.54, 1.807) is 12.1 Å². The van der Waals surface area contributed by atoms with Gasteiger partial charge in [-0.15, -0.1) is 12.6 Å². The molecular weight excluding hydrogens is 200 g/mol. The minimum atomic E-state index is -0.405. The number of carbonyl (C=O) groups excluding carboxylic acids is 1. The Hall–Kier alpha value is -1.49. The number of hydrogen-bond donors (Lipinski definition) is 2. The van der Waals surface area contributed by atoms with Crippen molar-refractivity contribution in [2.24, 2.45) is 0 Å². The van der Waals surface area contributed by atoms with Crippen molar-refractivity contribution in [3.63, 3.8) is 0 Å². The predicted octanol–water partition coefficient (Wildman–Crippen LogP) is 1.64. The number of rotatable bonds is 1. The quantitative estimate of drug-likeness (QED) is 0.553. The van der Waals surface area contributed by atoms with Crippen LogP contribution in [0.3, 0.4) is 0 Å². The zero-order valence-electron chi connectivity index (χ0n) is 7.44. The van der Waals surface area contributed by atoms with Crippen LogP contribution in [0.25, 0.3) is 11.0 Å². The van der Waals surface area contributed by atoms with Gasteiger partial charge in [-0.05, 0) is 12.1 Å². The van der Waals surface area contributed by atoms with Gasteiger partial charge in [0.05, 0.1) is 24.5 Å². The Kier molecular flexibility index (Phi) is 2.17. The lowest BCUT2D eigenvalue weighted by Crippen LogP contribution is -2.02. The van der Waals surface area contributed by atoms with Gasteiger partial charge >= 0.3 is 5.97 Å². The number of thiol groups is 1. The standard InChI is InChI=1S/C9H8N2O2S/c1-13-9(12)6-2-5(14)3-7-8(6)11-4-10-7/h2-4,14H,1H3,(H,10,11). The van der Waals surface area contributed by atoms with E-state index in [0.29, 0.717) is 16.0 Å². The first-order valence-electron chi connectivity index (χ1n) is 3.97. The summed E-state index contributed by atoms with van der Waals surface area (Å²) in [5.41, 5.74) is 1.81. The number of esters is 1. The monoisotopic (exact) mass is 208 g/mol. The minimum Gasteiger partial charge on any atom is -0.465 e. The van der Waals surface area contributed by atoms with Crippen LogP contribution in [0.4, 0.5) is 0 Å². The molecule has 0 unspecified atom stereocenters. The summed E-state index contributed by atoms with van der Waals surface area (Å²) in [7, 11) is 1.34. The second-order valence-corrected chi connectivity index (χ2v) is 3.30. The van der Waals surface area contributed by atoms with E-state index in [1.165, 1.54) is 13.4 Å². The van der Waals surface area contributed by atoms with E-state index in [2.05, 4.69) is 27.3 Å². The van der Waals surface area contributed by atoms with Crippen molar-refractivity contribution in [2.75, 3.05) is 7.11 Å². The number of methoxy groups -OCH3 is 1. The number of imidazole rings is 1. The van der Waals surface area contributed by atoms with Gasteiger partial charge in [0.1, 0.15) is 5.52 Å². The fourth-order valence-electron chi connectivity index (χ4n) is 1.30. The lowest BCUT2D eigenvalue weighted by Gasteiger charge is -2.01. The number of nitrogens with zero attached hydrogens (tertiary/aromatic N) is 1. The normalized spacial score (nSPS) is 10.4. The summed E-state index contributed by atoms with van der Waals surface area (Å²) in [4.78, 5) is 19.0. The van der Waals surface area contributed by atoms with E-state index in [0.717, 1.165) is 5.52 Å². The average molecular weight is 208 g/mol. The zero-order chi connectivity index (χ0) is 10.1. The van der Waals surface area contributed by atoms with Gasteiger partial charge in [-0.3, -0.25) is 0 Å². The van der Waals surface area contributed by atoms with Crippen molar-refractivity contribution in [1.82, 2.24) is 9.97 Å². The molecule has 72 valence electrons. The number of hydrogen-bond acceptors (Lipinski definition) is 4. The third kappa shape index (κ3) is 1.35. The van der Waals surface area contributed by atoms with Crippen LogP contribution in [0, 0.1) is 0 Å². The van der Waals surface area contributed by atoms with Crippen molar-refractivity contribution in [1.29, 1.82) is 0 Å². The number of benzene rings is 1. The Morgan fingerprint density at radius 1 is 1.57 bits per heavy atom. The van der Waals surface area contributed by atoms with Gasteiger partial charge < -0.3 is 9.72 Å². The number of aromatic amines is 1. The van der Waals surface area contributed by atoms with Crippen LogP contribution in [0.1, 0.15) is 10.4 Å². The lowest BCUT2D eigenvalue weighted by atomic mass is 10.2. The molecule has 0 spiro atoms. The van der Waals surface area contributed by atoms with Gasteiger partial charge in [-0.25, -0.2) is 9.78 Å². The van der Waals surface area contributed by atoms with Crippen LogP contribution in [-0.2, 0) is 4.74 Å². The van der Waals surface area contributed by atoms with E-state index >= 15 is 0 Å². The van der Waals surface area contributed by atoms with Crippen molar-refractivity contribution in [3.05, 3.63) is 24.0 Å². The van der Waals surface area contributed by atoms with Crippen molar-refractivity contribution in [3.8, 4) is 0 Å². The Bertz CT molecular complexity index is 493. The van der Waals surface area contributed by atoms with Gasteiger partial charge in [0.2, 0.25) is 0 Å². The Balaban J connectivity index is 2.72. The van der Waals surface area contributed by atoms with Crippen LogP contribution in [0.15, 0.2) is 23.4 Å². The molecule has 2 aromatic rings. The Morgan fingerprint density at radius 3 is 3.07 bits per heavy atom. The Labute approximate surface area is 85.7 Å². The highest BCUT2D eigenvalue weighted by molar-refractivity contribution is 7.80. The molecule has 1 aromatic carbocycles. The zero-order valence-corrected chi connectivity index (χ0v) is 8.34. The van der Waals surface area contributed by atoms with Crippen LogP contribution in [-0.4, -0.2) is 23.0 Å². The van der Waals surface area contributed by atoms with Crippen molar-refractivity contribution in [2.45, 2.75) is 4.90 Å². The Morgan fingerprint density at radius 2 is 2.36 bits per heavy atom. The second-order valence-electron chi connectivity index (χ2n) is 2.78. The molecule has 0 fully saturated rings. The molecule has 0 aliphatic rings. The largest absolute Gasteiger partial charge is 0.465 e. The maximum Gasteiger partial charge on any atom is 0.340 e. The molecule has 4 nitrogen and oxygen atoms in total. The molecule has 1 heterocycles. The van der Waals surface area contributed by atoms with Crippen molar-refractivity contribution >= 4 is 29.6 Å². The molecule has 0 saturated carbocycles. The topological polar surface area (TPSA) is 55.0 Å². The number of aromatic nitrogens is 2. The lowest BCUT2D eigenvalue weighted by molar-refractivity contribution is 0.0602. The van der Waals surface area contributed by atoms with E-state index in [1.807, 2.05) is 0 Å². The number of H-pyrrole nitrogens is 1. The molecule has 14 heavy (non-hydrogen) atoms. The summed E-state index contributed by atoms with van der Waals surface area (Å²) >= 11 is 4.18. The first-order valence-corrected chi connectivity index (χ1v) is 4.41. The van der Waals surface area contributed by atoms with Crippen molar-refractivity contribution < 1.29 is 9.53 Å². The summed E-state index contributed by atoms with van der Waals surface area (Å²) in [5, 5.41) is 0. The van der Waals surface area contributed by atoms with Crippen LogP contribution >= 0.6 is 12.6 Å². The molecule has 0 saturated heterocycles. The van der Waals surface area contributed by atoms with Crippen LogP contribution < -0.4 is 0 Å². The SMILES string of the molecule is COC(=O)c1cc(S)cc2[nH]cnc12. The summed E-state index contributed by atoms with van der Waals surface area (Å²) < 4.78 is 4.64. The number of carbonyl (C=O) groups is 1. The summed E-state index contributed by atoms with van der Waals surface area (Å²) in [6, 6.07) is 3.44. The van der Waals surface area contributed by atoms with Crippen LogP contribution in [0.2, 0.25) is 0 Å². The number of fused-ring (bicyclic) bond motifs is 1. The van der Waals surface area contributed by atoms with Gasteiger partial charge in [0, 0.05) is 4.90 Å². The van der Waals surface area contributed by atoms with E-state index in [9.17, 15) is 4.79 Å². The first-order chi connectivity index (χ1) is 6.72. The van der Waals surface area contributed by atoms with E-state index in [4.69, 9.17) is 0 Å². The number of ether oxygens (including phenoxy) is 1. The fraction of sp³-hybridized carbons (Fsp3) is 0.111. The predicted molar refractivity (Wildman–Crippen MR) is 54.7 cm³/mol. The van der Waals surface area contributed by atoms with E-state index < -0.39 is 5.97 Å². The smallest absolute Gasteiger partial charge is 0.340 e. The summed E-state index contributed by atoms with van der Waals surface area (Å²) in [6.45, 7) is 0. The van der Waals surface area contributed by atoms with Gasteiger partial charge in [0.25, 0.3) is 0 Å². The van der Waals surface area contributed by atoms with Gasteiger partial charge in [0.15, 0.2) is 0 Å². The summed E-state index contributed by atoms with van der Waals surface area (Å²) in [6.07, 6.45) is 1.53. The molecule has 2 rings (SSSR count). The third-order valence-electron chi connectivity index (χ3n) is 1.91. The fourth-order valence-corrected chi connectivity index (χ4v) is 1.56. The molecule has 1 N–H and O–H groups in total. The average Bonchev–Trinajstić information content (AvgIpc) is 2.62. The van der Waals surface area contributed by atoms with E-state index in [-0.39, 0.29) is 0 Å². The molecular formula is C9H8N2O2S. The summed E-state index contributed by atoms with van der Waals surface area (Å²) in [5.74, 6) is -0.405. The highest BCUT2D eigenvalue weighted by atomic mass is 32.1. The molecule has 1 aromatic heterocycles. The molecule has 0 atom stereocenters. The first kappa shape index (κ1) is 9.08. The molecule has 0 bridgehead atoms. The number of nitrogens with one attached hydrogen (secondary N) is 1. The highest BCUT2D eigenvalue weighted by Crippen LogP contribution is 2.20. The van der Waals surface area contributed by atoms with Crippen LogP contribution in [0.5, 0.6) is 0 Å². The third-order valence-corrected chi connectivity index (χ3v) is 2.17. The highest BCUT2D eigenvalue weighted by Gasteiger charge is 2.12. The molecule has 0 radical (unpaired) electrons. The molecule has 0 aliphatic carbocycles. The minimum absolute atomic E-state index is 0.405. The maximum absolute atomic E-state index is 11.4. The molecule has 0 aliphatic heterocycles. The van der Waals surface area contributed by atoms with Gasteiger partial charge in [-0.2, -0.15) is 0 Å². The second kappa shape index (κ2) is 3.34.